The SMILES string of the molecule is Nc1ncnc2c1ncn2[C@@H]1O[C@@H]2COP(=O)(O)O[C@H]3[C@@H](F)[C@H](n4cnc5nc6nccn6c5c4)O[C@@H]3COP(=O)(O)O[C@H]2[C@H]1O. The fraction of sp³-hybridized carbons (Fsp3) is 0.455. The predicted molar refractivity (Wildman–Crippen MR) is 146 cm³/mol. The second-order valence-corrected chi connectivity index (χ2v) is 13.4. The Morgan fingerprint density at radius 1 is 0.935 bits per heavy atom. The van der Waals surface area contributed by atoms with Crippen LogP contribution in [0.2, 0.25) is 0 Å². The van der Waals surface area contributed by atoms with E-state index >= 15 is 4.39 Å². The monoisotopic (exact) mass is 684 g/mol. The molecule has 0 aromatic carbocycles. The van der Waals surface area contributed by atoms with Crippen molar-refractivity contribution >= 4 is 49.6 Å². The molecule has 0 saturated carbocycles. The molecule has 5 N–H and O–H groups in total. The lowest BCUT2D eigenvalue weighted by Crippen LogP contribution is -2.38. The van der Waals surface area contributed by atoms with Crippen molar-refractivity contribution in [3.63, 3.8) is 0 Å². The summed E-state index contributed by atoms with van der Waals surface area (Å²) in [7, 11) is -10.1. The van der Waals surface area contributed by atoms with Gasteiger partial charge in [0.2, 0.25) is 5.78 Å². The molecule has 46 heavy (non-hydrogen) atoms. The molecule has 0 bridgehead atoms. The summed E-state index contributed by atoms with van der Waals surface area (Å²) in [5.74, 6) is 0.408. The Kier molecular flexibility index (Phi) is 6.98. The average molecular weight is 684 g/mol. The first-order chi connectivity index (χ1) is 22.0. The molecule has 10 atom stereocenters. The largest absolute Gasteiger partial charge is 0.472 e. The van der Waals surface area contributed by atoms with Crippen LogP contribution in [0.3, 0.4) is 0 Å². The molecule has 0 spiro atoms. The quantitative estimate of drug-likeness (QED) is 0.178. The Balaban J connectivity index is 1.07. The van der Waals surface area contributed by atoms with Crippen LogP contribution in [0.25, 0.3) is 28.1 Å². The zero-order valence-corrected chi connectivity index (χ0v) is 24.8. The number of nitrogens with two attached hydrogens (primary N) is 1. The summed E-state index contributed by atoms with van der Waals surface area (Å²) in [5, 5.41) is 11.1. The van der Waals surface area contributed by atoms with E-state index in [-0.39, 0.29) is 17.0 Å². The number of aliphatic hydroxyl groups excluding tert-OH is 1. The number of hydrogen-bond acceptors (Lipinski definition) is 16. The van der Waals surface area contributed by atoms with E-state index in [0.29, 0.717) is 16.9 Å². The van der Waals surface area contributed by atoms with Crippen LogP contribution in [0, 0.1) is 0 Å². The summed E-state index contributed by atoms with van der Waals surface area (Å²) in [6, 6.07) is 0. The molecule has 3 aliphatic rings. The number of fused-ring (bicyclic) bond motifs is 6. The first-order valence-corrected chi connectivity index (χ1v) is 16.5. The zero-order valence-electron chi connectivity index (χ0n) is 23.0. The summed E-state index contributed by atoms with van der Waals surface area (Å²) < 4.78 is 78.6. The Labute approximate surface area is 254 Å². The van der Waals surface area contributed by atoms with Crippen molar-refractivity contribution in [3.8, 4) is 0 Å². The fourth-order valence-electron chi connectivity index (χ4n) is 5.64. The Hall–Kier alpha value is -3.53. The molecule has 8 heterocycles. The predicted octanol–water partition coefficient (Wildman–Crippen LogP) is 0.0129. The number of halogens is 1. The summed E-state index contributed by atoms with van der Waals surface area (Å²) in [6.07, 6.45) is -4.83. The lowest BCUT2D eigenvalue weighted by Gasteiger charge is -2.27. The van der Waals surface area contributed by atoms with E-state index in [0.717, 1.165) is 6.33 Å². The van der Waals surface area contributed by atoms with E-state index in [4.69, 9.17) is 33.3 Å². The van der Waals surface area contributed by atoms with Crippen LogP contribution >= 0.6 is 15.6 Å². The highest BCUT2D eigenvalue weighted by Crippen LogP contribution is 2.54. The Bertz CT molecular complexity index is 2060. The van der Waals surface area contributed by atoms with Gasteiger partial charge >= 0.3 is 15.6 Å². The zero-order chi connectivity index (χ0) is 32.0. The molecule has 244 valence electrons. The molecule has 3 saturated heterocycles. The normalized spacial score (nSPS) is 37.3. The van der Waals surface area contributed by atoms with Gasteiger partial charge < -0.3 is 34.7 Å². The van der Waals surface area contributed by atoms with E-state index < -0.39 is 78.0 Å². The number of imidazole rings is 3. The van der Waals surface area contributed by atoms with Gasteiger partial charge in [0, 0.05) is 18.6 Å². The first kappa shape index (κ1) is 29.8. The smallest absolute Gasteiger partial charge is 0.386 e. The highest BCUT2D eigenvalue weighted by atomic mass is 31.2. The van der Waals surface area contributed by atoms with Crippen LogP contribution in [0.15, 0.2) is 37.6 Å². The van der Waals surface area contributed by atoms with Gasteiger partial charge in [-0.25, -0.2) is 38.4 Å². The van der Waals surface area contributed by atoms with Gasteiger partial charge in [0.1, 0.15) is 47.9 Å². The highest BCUT2D eigenvalue weighted by molar-refractivity contribution is 7.47. The second-order valence-electron chi connectivity index (χ2n) is 10.6. The van der Waals surface area contributed by atoms with Crippen LogP contribution in [0.5, 0.6) is 0 Å². The van der Waals surface area contributed by atoms with Crippen molar-refractivity contribution in [2.75, 3.05) is 18.9 Å². The number of rotatable bonds is 2. The highest BCUT2D eigenvalue weighted by Gasteiger charge is 2.54. The van der Waals surface area contributed by atoms with Gasteiger partial charge in [0.05, 0.1) is 25.9 Å². The minimum absolute atomic E-state index is 0.0452. The molecule has 3 fully saturated rings. The second kappa shape index (κ2) is 10.8. The van der Waals surface area contributed by atoms with E-state index in [9.17, 15) is 24.0 Å². The number of ether oxygens (including phenoxy) is 2. The molecular formula is C22H23FN10O11P2. The van der Waals surface area contributed by atoms with E-state index in [2.05, 4.69) is 29.9 Å². The number of alkyl halides is 1. The maximum atomic E-state index is 16.0. The molecular weight excluding hydrogens is 661 g/mol. The minimum atomic E-state index is -5.07. The first-order valence-electron chi connectivity index (χ1n) is 13.5. The third kappa shape index (κ3) is 4.98. The number of nitrogen functional groups attached to an aromatic ring is 1. The number of aliphatic hydroxyl groups is 1. The third-order valence-electron chi connectivity index (χ3n) is 7.75. The number of phosphoric ester groups is 2. The molecule has 0 amide bonds. The number of anilines is 1. The lowest BCUT2D eigenvalue weighted by molar-refractivity contribution is -0.0668. The van der Waals surface area contributed by atoms with Crippen molar-refractivity contribution in [3.05, 3.63) is 37.6 Å². The summed E-state index contributed by atoms with van der Waals surface area (Å²) in [6.45, 7) is -1.65. The van der Waals surface area contributed by atoms with Crippen molar-refractivity contribution in [2.24, 2.45) is 0 Å². The van der Waals surface area contributed by atoms with Crippen LogP contribution in [-0.4, -0.2) is 108 Å². The number of phosphoric acid groups is 2. The van der Waals surface area contributed by atoms with Gasteiger partial charge in [0.25, 0.3) is 0 Å². The molecule has 2 unspecified atom stereocenters. The van der Waals surface area contributed by atoms with Crippen LogP contribution in [0.1, 0.15) is 12.5 Å². The van der Waals surface area contributed by atoms with Gasteiger partial charge in [-0.3, -0.25) is 27.1 Å². The van der Waals surface area contributed by atoms with E-state index in [1.54, 1.807) is 10.6 Å². The molecule has 3 aliphatic heterocycles. The summed E-state index contributed by atoms with van der Waals surface area (Å²) >= 11 is 0. The Morgan fingerprint density at radius 2 is 1.65 bits per heavy atom. The minimum Gasteiger partial charge on any atom is -0.386 e. The number of nitrogens with zero attached hydrogens (tertiary/aromatic N) is 9. The van der Waals surface area contributed by atoms with Gasteiger partial charge in [-0.2, -0.15) is 4.98 Å². The fourth-order valence-corrected chi connectivity index (χ4v) is 7.56. The van der Waals surface area contributed by atoms with Crippen molar-refractivity contribution in [1.82, 2.24) is 43.4 Å². The molecule has 5 aromatic rings. The average Bonchev–Trinajstić information content (AvgIpc) is 3.82. The molecule has 5 aromatic heterocycles. The van der Waals surface area contributed by atoms with Crippen LogP contribution < -0.4 is 5.73 Å². The van der Waals surface area contributed by atoms with Crippen LogP contribution in [-0.2, 0) is 36.7 Å². The molecule has 0 radical (unpaired) electrons. The summed E-state index contributed by atoms with van der Waals surface area (Å²) in [5.41, 5.74) is 6.95. The Morgan fingerprint density at radius 3 is 2.43 bits per heavy atom. The topological polar surface area (TPSA) is 268 Å². The van der Waals surface area contributed by atoms with Gasteiger partial charge in [-0.1, -0.05) is 0 Å². The van der Waals surface area contributed by atoms with Crippen LogP contribution in [0.4, 0.5) is 10.2 Å². The maximum Gasteiger partial charge on any atom is 0.472 e. The molecule has 24 heteroatoms. The molecule has 21 nitrogen and oxygen atoms in total. The summed E-state index contributed by atoms with van der Waals surface area (Å²) in [4.78, 5) is 45.8. The van der Waals surface area contributed by atoms with E-state index in [1.165, 1.54) is 34.2 Å². The van der Waals surface area contributed by atoms with Crippen molar-refractivity contribution in [1.29, 1.82) is 0 Å². The number of aromatic nitrogens is 9. The molecule has 0 aliphatic carbocycles. The van der Waals surface area contributed by atoms with Gasteiger partial charge in [0.15, 0.2) is 35.7 Å². The van der Waals surface area contributed by atoms with Crippen molar-refractivity contribution < 1.29 is 56.0 Å². The standard InChI is InChI=1S/C22H23FN10O11P2/c23-12-15-10(41-20(12)31-3-9-18(29-7-31)30-22-25-1-2-32(9)22)4-39-46(37,38)44-16-11(5-40-45(35,36)43-15)42-21(14(16)34)33-8-28-13-17(24)26-6-27-19(13)33/h1-3,6-8,10-12,14-16,20-21,34H,4-5H2,(H,35,36)(H,37,38)(H2,24,26,27)/t10-,11-,12-,14-,15-,16-,20-,21-/m1/s1. The molecule has 8 rings (SSSR count). The third-order valence-corrected chi connectivity index (χ3v) is 9.72. The number of hydrogen-bond donors (Lipinski definition) is 4. The van der Waals surface area contributed by atoms with Crippen molar-refractivity contribution in [2.45, 2.75) is 49.1 Å². The maximum absolute atomic E-state index is 16.0. The van der Waals surface area contributed by atoms with E-state index in [1.807, 2.05) is 0 Å². The van der Waals surface area contributed by atoms with Gasteiger partial charge in [-0.15, -0.1) is 0 Å². The van der Waals surface area contributed by atoms with Gasteiger partial charge in [-0.05, 0) is 0 Å². The lowest BCUT2D eigenvalue weighted by atomic mass is 10.1.